The molecule has 2 N–H and O–H groups in total. The van der Waals surface area contributed by atoms with Crippen molar-refractivity contribution in [3.63, 3.8) is 0 Å². The summed E-state index contributed by atoms with van der Waals surface area (Å²) in [6.07, 6.45) is 0. The summed E-state index contributed by atoms with van der Waals surface area (Å²) in [5, 5.41) is 0. The van der Waals surface area contributed by atoms with Gasteiger partial charge >= 0.3 is 0 Å². The number of hydrogen-bond acceptors (Lipinski definition) is 3. The van der Waals surface area contributed by atoms with Crippen molar-refractivity contribution >= 4 is 15.5 Å². The number of aryl methyl sites for hydroxylation is 1. The van der Waals surface area contributed by atoms with E-state index in [-0.39, 0.29) is 10.6 Å². The minimum Gasteiger partial charge on any atom is -0.397 e. The molecule has 3 nitrogen and oxygen atoms in total. The first-order valence-corrected chi connectivity index (χ1v) is 5.78. The second-order valence-corrected chi connectivity index (χ2v) is 5.07. The second kappa shape index (κ2) is 3.96. The molecular weight excluding hydrogens is 205 g/mol. The summed E-state index contributed by atoms with van der Waals surface area (Å²) in [6.45, 7) is 0.819. The van der Waals surface area contributed by atoms with Crippen molar-refractivity contribution in [2.45, 2.75) is 11.8 Å². The molecule has 0 heterocycles. The van der Waals surface area contributed by atoms with Crippen molar-refractivity contribution in [2.75, 3.05) is 18.2 Å². The quantitative estimate of drug-likeness (QED) is 0.777. The molecule has 0 bridgehead atoms. The first-order chi connectivity index (χ1) is 6.49. The predicted octanol–water partition coefficient (Wildman–Crippen LogP) is 1.32. The molecule has 0 amide bonds. The van der Waals surface area contributed by atoms with E-state index in [9.17, 15) is 12.8 Å². The number of halogens is 1. The third kappa shape index (κ3) is 2.04. The monoisotopic (exact) mass is 217 g/mol. The van der Waals surface area contributed by atoms with Crippen molar-refractivity contribution in [3.8, 4) is 0 Å². The number of alkyl halides is 1. The Hall–Kier alpha value is -1.10. The van der Waals surface area contributed by atoms with E-state index >= 15 is 0 Å². The molecule has 0 radical (unpaired) electrons. The zero-order chi connectivity index (χ0) is 10.8. The van der Waals surface area contributed by atoms with E-state index in [0.717, 1.165) is 0 Å². The smallest absolute Gasteiger partial charge is 0.182 e. The summed E-state index contributed by atoms with van der Waals surface area (Å²) >= 11 is 0. The van der Waals surface area contributed by atoms with Crippen LogP contribution in [0.15, 0.2) is 23.1 Å². The van der Waals surface area contributed by atoms with Gasteiger partial charge in [-0.3, -0.25) is 0 Å². The largest absolute Gasteiger partial charge is 0.397 e. The Balaban J connectivity index is 3.27. The summed E-state index contributed by atoms with van der Waals surface area (Å²) in [5.41, 5.74) is 6.49. The molecule has 0 saturated carbocycles. The summed E-state index contributed by atoms with van der Waals surface area (Å²) in [6, 6.07) is 4.70. The van der Waals surface area contributed by atoms with Gasteiger partial charge in [0.05, 0.1) is 16.3 Å². The number of hydrogen-bond donors (Lipinski definition) is 1. The summed E-state index contributed by atoms with van der Waals surface area (Å²) < 4.78 is 35.0. The average molecular weight is 217 g/mol. The fraction of sp³-hybridized carbons (Fsp3) is 0.333. The molecule has 14 heavy (non-hydrogen) atoms. The molecule has 0 aliphatic carbocycles. The van der Waals surface area contributed by atoms with Gasteiger partial charge in [0.2, 0.25) is 0 Å². The lowest BCUT2D eigenvalue weighted by molar-refractivity contribution is 0.517. The minimum absolute atomic E-state index is 0.0233. The summed E-state index contributed by atoms with van der Waals surface area (Å²) in [7, 11) is -3.56. The van der Waals surface area contributed by atoms with Crippen LogP contribution >= 0.6 is 0 Å². The van der Waals surface area contributed by atoms with Crippen LogP contribution in [-0.4, -0.2) is 20.8 Å². The molecule has 0 saturated heterocycles. The van der Waals surface area contributed by atoms with Crippen molar-refractivity contribution in [1.82, 2.24) is 0 Å². The Morgan fingerprint density at radius 1 is 1.43 bits per heavy atom. The Bertz CT molecular complexity index is 428. The highest BCUT2D eigenvalue weighted by Gasteiger charge is 2.17. The third-order valence-corrected chi connectivity index (χ3v) is 3.68. The summed E-state index contributed by atoms with van der Waals surface area (Å²) in [4.78, 5) is 0.0233. The zero-order valence-electron chi connectivity index (χ0n) is 7.83. The molecule has 1 rings (SSSR count). The number of nitrogen functional groups attached to an aromatic ring is 1. The number of rotatable bonds is 3. The highest BCUT2D eigenvalue weighted by Crippen LogP contribution is 2.22. The van der Waals surface area contributed by atoms with E-state index in [1.807, 2.05) is 0 Å². The maximum atomic E-state index is 12.0. The van der Waals surface area contributed by atoms with Gasteiger partial charge in [0.15, 0.2) is 9.84 Å². The van der Waals surface area contributed by atoms with Gasteiger partial charge in [0.25, 0.3) is 0 Å². The van der Waals surface area contributed by atoms with Crippen LogP contribution in [0.4, 0.5) is 10.1 Å². The average Bonchev–Trinajstić information content (AvgIpc) is 2.09. The fourth-order valence-electron chi connectivity index (χ4n) is 1.14. The van der Waals surface area contributed by atoms with Gasteiger partial charge in [-0.25, -0.2) is 12.8 Å². The Morgan fingerprint density at radius 2 is 2.07 bits per heavy atom. The van der Waals surface area contributed by atoms with E-state index in [1.165, 1.54) is 6.07 Å². The Morgan fingerprint density at radius 3 is 2.64 bits per heavy atom. The van der Waals surface area contributed by atoms with Gasteiger partial charge < -0.3 is 5.73 Å². The molecule has 78 valence electrons. The zero-order valence-corrected chi connectivity index (χ0v) is 8.64. The van der Waals surface area contributed by atoms with E-state index in [1.54, 1.807) is 19.1 Å². The molecule has 0 unspecified atom stereocenters. The number of benzene rings is 1. The van der Waals surface area contributed by atoms with Crippen molar-refractivity contribution in [1.29, 1.82) is 0 Å². The van der Waals surface area contributed by atoms with Gasteiger partial charge in [0.1, 0.15) is 6.67 Å². The molecule has 0 fully saturated rings. The lowest BCUT2D eigenvalue weighted by Gasteiger charge is -2.07. The predicted molar refractivity (Wildman–Crippen MR) is 53.6 cm³/mol. The lowest BCUT2D eigenvalue weighted by atomic mass is 10.2. The molecular formula is C9H12FNO2S. The molecule has 0 aliphatic heterocycles. The lowest BCUT2D eigenvalue weighted by Crippen LogP contribution is -2.11. The fourth-order valence-corrected chi connectivity index (χ4v) is 2.34. The van der Waals surface area contributed by atoms with Crippen LogP contribution in [0.3, 0.4) is 0 Å². The van der Waals surface area contributed by atoms with Crippen LogP contribution < -0.4 is 5.73 Å². The first-order valence-electron chi connectivity index (χ1n) is 4.13. The SMILES string of the molecule is Cc1cccc(S(=O)(=O)CCF)c1N. The second-order valence-electron chi connectivity index (χ2n) is 2.99. The molecule has 5 heteroatoms. The normalized spacial score (nSPS) is 11.6. The van der Waals surface area contributed by atoms with E-state index < -0.39 is 22.3 Å². The van der Waals surface area contributed by atoms with E-state index in [0.29, 0.717) is 5.56 Å². The van der Waals surface area contributed by atoms with Crippen LogP contribution in [0.5, 0.6) is 0 Å². The topological polar surface area (TPSA) is 60.2 Å². The molecule has 1 aromatic carbocycles. The van der Waals surface area contributed by atoms with Gasteiger partial charge in [-0.15, -0.1) is 0 Å². The van der Waals surface area contributed by atoms with E-state index in [2.05, 4.69) is 0 Å². The number of nitrogens with two attached hydrogens (primary N) is 1. The Kier molecular flexibility index (Phi) is 3.10. The maximum absolute atomic E-state index is 12.0. The molecule has 0 aliphatic rings. The van der Waals surface area contributed by atoms with Crippen LogP contribution in [0, 0.1) is 6.92 Å². The van der Waals surface area contributed by atoms with Crippen LogP contribution in [0.2, 0.25) is 0 Å². The molecule has 1 aromatic rings. The molecule has 0 spiro atoms. The van der Waals surface area contributed by atoms with Crippen LogP contribution in [0.1, 0.15) is 5.56 Å². The van der Waals surface area contributed by atoms with Crippen molar-refractivity contribution in [3.05, 3.63) is 23.8 Å². The minimum atomic E-state index is -3.56. The Labute approximate surface area is 82.7 Å². The number of para-hydroxylation sites is 1. The standard InChI is InChI=1S/C9H12FNO2S/c1-7-3-2-4-8(9(7)11)14(12,13)6-5-10/h2-4H,5-6,11H2,1H3. The van der Waals surface area contributed by atoms with E-state index in [4.69, 9.17) is 5.73 Å². The molecule has 0 atom stereocenters. The number of sulfone groups is 1. The third-order valence-electron chi connectivity index (χ3n) is 1.97. The number of anilines is 1. The van der Waals surface area contributed by atoms with Crippen molar-refractivity contribution < 1.29 is 12.8 Å². The first kappa shape index (κ1) is 11.0. The highest BCUT2D eigenvalue weighted by atomic mass is 32.2. The van der Waals surface area contributed by atoms with Gasteiger partial charge in [-0.2, -0.15) is 0 Å². The summed E-state index contributed by atoms with van der Waals surface area (Å²) in [5.74, 6) is -0.513. The van der Waals surface area contributed by atoms with Gasteiger partial charge in [-0.05, 0) is 18.6 Å². The van der Waals surface area contributed by atoms with Gasteiger partial charge in [-0.1, -0.05) is 12.1 Å². The highest BCUT2D eigenvalue weighted by molar-refractivity contribution is 7.91. The maximum Gasteiger partial charge on any atom is 0.182 e. The van der Waals surface area contributed by atoms with Crippen LogP contribution in [-0.2, 0) is 9.84 Å². The van der Waals surface area contributed by atoms with Crippen molar-refractivity contribution in [2.24, 2.45) is 0 Å². The van der Waals surface area contributed by atoms with Crippen LogP contribution in [0.25, 0.3) is 0 Å². The van der Waals surface area contributed by atoms with Gasteiger partial charge in [0, 0.05) is 0 Å². The molecule has 0 aromatic heterocycles.